The molecule has 0 saturated heterocycles. The van der Waals surface area contributed by atoms with Crippen LogP contribution in [0.2, 0.25) is 0 Å². The number of hydrogen-bond donors (Lipinski definition) is 1. The second-order valence-corrected chi connectivity index (χ2v) is 6.37. The van der Waals surface area contributed by atoms with Crippen LogP contribution in [0.1, 0.15) is 24.7 Å². The zero-order valence-electron chi connectivity index (χ0n) is 14.5. The highest BCUT2D eigenvalue weighted by Gasteiger charge is 2.32. The standard InChI is InChI=1S/C20H18N4O3/c25-18-13-16(14-8-10-21-11-9-14)22-19-17(7-4-12-23(18)19)24(20(26)27)15-5-2-1-3-6-15/h1-3,5-6,8-11,13,17H,4,7,12H2,(H,26,27). The summed E-state index contributed by atoms with van der Waals surface area (Å²) in [6, 6.07) is 13.5. The summed E-state index contributed by atoms with van der Waals surface area (Å²) >= 11 is 0. The van der Waals surface area contributed by atoms with E-state index in [0.29, 0.717) is 36.6 Å². The number of para-hydroxylation sites is 1. The first-order valence-electron chi connectivity index (χ1n) is 8.74. The lowest BCUT2D eigenvalue weighted by atomic mass is 10.0. The zero-order valence-corrected chi connectivity index (χ0v) is 14.5. The molecule has 1 amide bonds. The molecule has 0 radical (unpaired) electrons. The van der Waals surface area contributed by atoms with Gasteiger partial charge in [-0.25, -0.2) is 9.78 Å². The van der Waals surface area contributed by atoms with Crippen LogP contribution in [0.4, 0.5) is 10.5 Å². The molecule has 2 aromatic heterocycles. The molecule has 1 aliphatic heterocycles. The highest BCUT2D eigenvalue weighted by Crippen LogP contribution is 2.33. The Morgan fingerprint density at radius 2 is 1.89 bits per heavy atom. The fourth-order valence-electron chi connectivity index (χ4n) is 3.50. The number of amides is 1. The van der Waals surface area contributed by atoms with Gasteiger partial charge in [0.05, 0.1) is 11.7 Å². The highest BCUT2D eigenvalue weighted by atomic mass is 16.4. The van der Waals surface area contributed by atoms with Crippen LogP contribution in [0.5, 0.6) is 0 Å². The lowest BCUT2D eigenvalue weighted by Gasteiger charge is -2.33. The van der Waals surface area contributed by atoms with Crippen molar-refractivity contribution in [3.8, 4) is 11.3 Å². The molecule has 1 aliphatic rings. The molecule has 1 N–H and O–H groups in total. The molecular weight excluding hydrogens is 344 g/mol. The van der Waals surface area contributed by atoms with E-state index in [1.165, 1.54) is 11.0 Å². The summed E-state index contributed by atoms with van der Waals surface area (Å²) in [5.41, 5.74) is 1.69. The number of pyridine rings is 1. The van der Waals surface area contributed by atoms with Crippen molar-refractivity contribution in [1.82, 2.24) is 14.5 Å². The van der Waals surface area contributed by atoms with Crippen LogP contribution in [0, 0.1) is 0 Å². The average Bonchev–Trinajstić information content (AvgIpc) is 2.70. The van der Waals surface area contributed by atoms with Gasteiger partial charge in [-0.2, -0.15) is 0 Å². The predicted molar refractivity (Wildman–Crippen MR) is 101 cm³/mol. The van der Waals surface area contributed by atoms with Gasteiger partial charge in [-0.15, -0.1) is 0 Å². The molecule has 136 valence electrons. The summed E-state index contributed by atoms with van der Waals surface area (Å²) in [4.78, 5) is 34.7. The van der Waals surface area contributed by atoms with Crippen LogP contribution in [0.15, 0.2) is 65.7 Å². The van der Waals surface area contributed by atoms with Crippen molar-refractivity contribution in [2.24, 2.45) is 0 Å². The van der Waals surface area contributed by atoms with E-state index in [1.807, 2.05) is 6.07 Å². The van der Waals surface area contributed by atoms with E-state index in [2.05, 4.69) is 9.97 Å². The maximum atomic E-state index is 12.7. The maximum absolute atomic E-state index is 12.7. The summed E-state index contributed by atoms with van der Waals surface area (Å²) < 4.78 is 1.58. The Kier molecular flexibility index (Phi) is 4.42. The molecule has 1 aromatic carbocycles. The minimum atomic E-state index is -1.07. The highest BCUT2D eigenvalue weighted by molar-refractivity contribution is 5.86. The van der Waals surface area contributed by atoms with Gasteiger partial charge < -0.3 is 5.11 Å². The summed E-state index contributed by atoms with van der Waals surface area (Å²) in [5, 5.41) is 9.86. The lowest BCUT2D eigenvalue weighted by Crippen LogP contribution is -2.41. The van der Waals surface area contributed by atoms with Crippen LogP contribution in [-0.4, -0.2) is 25.7 Å². The summed E-state index contributed by atoms with van der Waals surface area (Å²) in [6.45, 7) is 0.538. The quantitative estimate of drug-likeness (QED) is 0.772. The number of rotatable bonds is 3. The Hall–Kier alpha value is -3.48. The molecule has 0 spiro atoms. The molecule has 4 rings (SSSR count). The largest absolute Gasteiger partial charge is 0.465 e. The van der Waals surface area contributed by atoms with Gasteiger partial charge in [0.15, 0.2) is 0 Å². The SMILES string of the molecule is O=C(O)N(c1ccccc1)C1CCCn2c1nc(-c1ccncc1)cc2=O. The minimum absolute atomic E-state index is 0.171. The molecule has 3 aromatic rings. The molecule has 0 aliphatic carbocycles. The minimum Gasteiger partial charge on any atom is -0.465 e. The molecule has 1 unspecified atom stereocenters. The number of carbonyl (C=O) groups is 1. The zero-order chi connectivity index (χ0) is 18.8. The van der Waals surface area contributed by atoms with Gasteiger partial charge in [0.2, 0.25) is 0 Å². The van der Waals surface area contributed by atoms with Crippen molar-refractivity contribution in [3.05, 3.63) is 77.1 Å². The van der Waals surface area contributed by atoms with Crippen LogP contribution in [0.25, 0.3) is 11.3 Å². The lowest BCUT2D eigenvalue weighted by molar-refractivity contribution is 0.196. The number of hydrogen-bond acceptors (Lipinski definition) is 4. The molecule has 27 heavy (non-hydrogen) atoms. The number of fused-ring (bicyclic) bond motifs is 1. The van der Waals surface area contributed by atoms with Gasteiger partial charge >= 0.3 is 6.09 Å². The first-order chi connectivity index (χ1) is 13.1. The van der Waals surface area contributed by atoms with Gasteiger partial charge in [-0.3, -0.25) is 19.2 Å². The van der Waals surface area contributed by atoms with Crippen LogP contribution in [-0.2, 0) is 6.54 Å². The van der Waals surface area contributed by atoms with Crippen LogP contribution >= 0.6 is 0 Å². The van der Waals surface area contributed by atoms with E-state index in [1.54, 1.807) is 53.4 Å². The van der Waals surface area contributed by atoms with E-state index in [-0.39, 0.29) is 5.56 Å². The van der Waals surface area contributed by atoms with Crippen molar-refractivity contribution in [2.75, 3.05) is 4.90 Å². The van der Waals surface area contributed by atoms with Gasteiger partial charge in [0, 0.05) is 36.3 Å². The fraction of sp³-hybridized carbons (Fsp3) is 0.200. The molecule has 0 fully saturated rings. The summed E-state index contributed by atoms with van der Waals surface area (Å²) in [6.07, 6.45) is 3.53. The molecular formula is C20H18N4O3. The summed E-state index contributed by atoms with van der Waals surface area (Å²) in [7, 11) is 0. The third kappa shape index (κ3) is 3.19. The van der Waals surface area contributed by atoms with Crippen molar-refractivity contribution < 1.29 is 9.90 Å². The molecule has 0 saturated carbocycles. The second-order valence-electron chi connectivity index (χ2n) is 6.37. The van der Waals surface area contributed by atoms with Gasteiger partial charge in [-0.1, -0.05) is 18.2 Å². The topological polar surface area (TPSA) is 88.3 Å². The molecule has 7 nitrogen and oxygen atoms in total. The smallest absolute Gasteiger partial charge is 0.412 e. The van der Waals surface area contributed by atoms with E-state index >= 15 is 0 Å². The number of carboxylic acid groups (broad SMARTS) is 1. The van der Waals surface area contributed by atoms with Crippen LogP contribution < -0.4 is 10.5 Å². The van der Waals surface area contributed by atoms with Crippen molar-refractivity contribution in [3.63, 3.8) is 0 Å². The number of anilines is 1. The van der Waals surface area contributed by atoms with E-state index in [4.69, 9.17) is 0 Å². The molecule has 0 bridgehead atoms. The van der Waals surface area contributed by atoms with Crippen molar-refractivity contribution >= 4 is 11.8 Å². The third-order valence-electron chi connectivity index (χ3n) is 4.72. The molecule has 1 atom stereocenters. The first-order valence-corrected chi connectivity index (χ1v) is 8.74. The molecule has 3 heterocycles. The van der Waals surface area contributed by atoms with E-state index in [9.17, 15) is 14.7 Å². The fourth-order valence-corrected chi connectivity index (χ4v) is 3.50. The van der Waals surface area contributed by atoms with Gasteiger partial charge in [0.25, 0.3) is 5.56 Å². The van der Waals surface area contributed by atoms with Crippen molar-refractivity contribution in [2.45, 2.75) is 25.4 Å². The number of benzene rings is 1. The second kappa shape index (κ2) is 7.03. The monoisotopic (exact) mass is 362 g/mol. The third-order valence-corrected chi connectivity index (χ3v) is 4.72. The van der Waals surface area contributed by atoms with Crippen LogP contribution in [0.3, 0.4) is 0 Å². The Morgan fingerprint density at radius 3 is 2.59 bits per heavy atom. The van der Waals surface area contributed by atoms with Gasteiger partial charge in [-0.05, 0) is 37.1 Å². The average molecular weight is 362 g/mol. The van der Waals surface area contributed by atoms with Crippen molar-refractivity contribution in [1.29, 1.82) is 0 Å². The van der Waals surface area contributed by atoms with Gasteiger partial charge in [0.1, 0.15) is 5.82 Å². The first kappa shape index (κ1) is 17.0. The maximum Gasteiger partial charge on any atom is 0.412 e. The Balaban J connectivity index is 1.86. The normalized spacial score (nSPS) is 15.8. The van der Waals surface area contributed by atoms with E-state index < -0.39 is 12.1 Å². The van der Waals surface area contributed by atoms with E-state index in [0.717, 1.165) is 5.56 Å². The Bertz CT molecular complexity index is 1020. The molecule has 7 heteroatoms. The Morgan fingerprint density at radius 1 is 1.15 bits per heavy atom. The predicted octanol–water partition coefficient (Wildman–Crippen LogP) is 3.32. The number of nitrogens with zero attached hydrogens (tertiary/aromatic N) is 4. The number of aromatic nitrogens is 3. The Labute approximate surface area is 155 Å². The summed E-state index contributed by atoms with van der Waals surface area (Å²) in [5.74, 6) is 0.479.